The Hall–Kier alpha value is -1.30. The largest absolute Gasteiger partial charge is 0.480 e. The van der Waals surface area contributed by atoms with E-state index >= 15 is 0 Å². The Balaban J connectivity index is 1.93. The minimum absolute atomic E-state index is 0.125. The van der Waals surface area contributed by atoms with Crippen LogP contribution in [0.2, 0.25) is 0 Å². The van der Waals surface area contributed by atoms with Gasteiger partial charge in [0.1, 0.15) is 6.04 Å². The van der Waals surface area contributed by atoms with E-state index in [2.05, 4.69) is 5.32 Å². The first-order valence-electron chi connectivity index (χ1n) is 7.97. The molecule has 0 spiro atoms. The van der Waals surface area contributed by atoms with Gasteiger partial charge in [-0.1, -0.05) is 26.2 Å². The summed E-state index contributed by atoms with van der Waals surface area (Å²) in [7, 11) is 0. The van der Waals surface area contributed by atoms with Crippen molar-refractivity contribution in [1.29, 1.82) is 0 Å². The van der Waals surface area contributed by atoms with Crippen LogP contribution in [-0.2, 0) is 4.79 Å². The first kappa shape index (κ1) is 16.1. The predicted molar refractivity (Wildman–Crippen MR) is 78.0 cm³/mol. The van der Waals surface area contributed by atoms with E-state index in [0.29, 0.717) is 32.4 Å². The second kappa shape index (κ2) is 6.64. The van der Waals surface area contributed by atoms with Gasteiger partial charge in [-0.2, -0.15) is 0 Å². The molecule has 0 radical (unpaired) electrons. The van der Waals surface area contributed by atoms with Crippen LogP contribution in [0.5, 0.6) is 0 Å². The molecule has 1 aliphatic heterocycles. The molecule has 0 aromatic rings. The molecule has 3 unspecified atom stereocenters. The van der Waals surface area contributed by atoms with E-state index in [1.807, 2.05) is 6.92 Å². The minimum Gasteiger partial charge on any atom is -0.480 e. The monoisotopic (exact) mass is 298 g/mol. The molecule has 1 saturated heterocycles. The summed E-state index contributed by atoms with van der Waals surface area (Å²) in [5, 5.41) is 22.3. The third-order valence-electron chi connectivity index (χ3n) is 4.89. The lowest BCUT2D eigenvalue weighted by Crippen LogP contribution is -2.58. The molecule has 0 aromatic carbocycles. The maximum atomic E-state index is 12.2. The van der Waals surface area contributed by atoms with E-state index in [-0.39, 0.29) is 11.9 Å². The summed E-state index contributed by atoms with van der Waals surface area (Å²) in [6.45, 7) is 2.92. The van der Waals surface area contributed by atoms with Crippen LogP contribution >= 0.6 is 0 Å². The second-order valence-corrected chi connectivity index (χ2v) is 6.37. The molecule has 1 saturated carbocycles. The number of nitrogens with zero attached hydrogens (tertiary/aromatic N) is 1. The third-order valence-corrected chi connectivity index (χ3v) is 4.89. The molecule has 2 fully saturated rings. The van der Waals surface area contributed by atoms with Crippen molar-refractivity contribution in [3.63, 3.8) is 0 Å². The average Bonchev–Trinajstić information content (AvgIpc) is 2.45. The summed E-state index contributed by atoms with van der Waals surface area (Å²) >= 11 is 0. The fraction of sp³-hybridized carbons (Fsp3) is 0.867. The van der Waals surface area contributed by atoms with E-state index in [1.165, 1.54) is 0 Å². The van der Waals surface area contributed by atoms with Crippen LogP contribution in [0, 0.1) is 5.92 Å². The quantitative estimate of drug-likeness (QED) is 0.735. The molecule has 2 rings (SSSR count). The van der Waals surface area contributed by atoms with Crippen molar-refractivity contribution in [3.05, 3.63) is 0 Å². The number of nitrogens with one attached hydrogen (secondary N) is 1. The molecule has 1 heterocycles. The Kier molecular flexibility index (Phi) is 5.08. The number of carboxylic acid groups (broad SMARTS) is 1. The highest BCUT2D eigenvalue weighted by Gasteiger charge is 2.44. The number of urea groups is 1. The van der Waals surface area contributed by atoms with Crippen molar-refractivity contribution in [2.45, 2.75) is 63.5 Å². The van der Waals surface area contributed by atoms with Crippen LogP contribution in [0.15, 0.2) is 0 Å². The van der Waals surface area contributed by atoms with Gasteiger partial charge in [-0.15, -0.1) is 0 Å². The van der Waals surface area contributed by atoms with Crippen molar-refractivity contribution >= 4 is 12.0 Å². The first-order chi connectivity index (χ1) is 9.96. The van der Waals surface area contributed by atoms with Crippen molar-refractivity contribution in [3.8, 4) is 0 Å². The predicted octanol–water partition coefficient (Wildman–Crippen LogP) is 1.58. The number of hydrogen-bond acceptors (Lipinski definition) is 3. The highest BCUT2D eigenvalue weighted by atomic mass is 16.4. The number of fused-ring (bicyclic) bond motifs is 1. The zero-order chi connectivity index (χ0) is 15.5. The Morgan fingerprint density at radius 3 is 2.81 bits per heavy atom. The summed E-state index contributed by atoms with van der Waals surface area (Å²) in [5.41, 5.74) is -0.620. The van der Waals surface area contributed by atoms with E-state index in [1.54, 1.807) is 4.90 Å². The Bertz CT molecular complexity index is 401. The molecule has 21 heavy (non-hydrogen) atoms. The van der Waals surface area contributed by atoms with Crippen molar-refractivity contribution in [1.82, 2.24) is 10.2 Å². The number of aliphatic hydroxyl groups is 1. The molecule has 6 heteroatoms. The number of hydrogen-bond donors (Lipinski definition) is 3. The molecule has 2 aliphatic rings. The van der Waals surface area contributed by atoms with Gasteiger partial charge in [0.05, 0.1) is 5.60 Å². The van der Waals surface area contributed by atoms with E-state index in [0.717, 1.165) is 25.7 Å². The summed E-state index contributed by atoms with van der Waals surface area (Å²) in [6.07, 6.45) is 5.64. The van der Waals surface area contributed by atoms with Gasteiger partial charge in [-0.25, -0.2) is 9.59 Å². The van der Waals surface area contributed by atoms with Crippen LogP contribution < -0.4 is 5.32 Å². The van der Waals surface area contributed by atoms with Crippen molar-refractivity contribution < 1.29 is 19.8 Å². The number of amides is 2. The standard InChI is InChI=1S/C15H26N2O4/c1-2-5-12(13(18)19)16-14(20)17-9-8-15(21)7-4-3-6-11(15)10-17/h11-12,21H,2-10H2,1H3,(H,16,20)(H,18,19). The van der Waals surface area contributed by atoms with Gasteiger partial charge in [0.2, 0.25) is 0 Å². The van der Waals surface area contributed by atoms with E-state index < -0.39 is 17.6 Å². The Labute approximate surface area is 125 Å². The lowest BCUT2D eigenvalue weighted by molar-refractivity contribution is -0.139. The molecule has 120 valence electrons. The highest BCUT2D eigenvalue weighted by molar-refractivity contribution is 5.82. The topological polar surface area (TPSA) is 89.9 Å². The summed E-state index contributed by atoms with van der Waals surface area (Å²) in [5.74, 6) is -0.864. The fourth-order valence-corrected chi connectivity index (χ4v) is 3.54. The van der Waals surface area contributed by atoms with Crippen LogP contribution in [0.1, 0.15) is 51.9 Å². The van der Waals surface area contributed by atoms with Gasteiger partial charge in [-0.05, 0) is 25.7 Å². The fourth-order valence-electron chi connectivity index (χ4n) is 3.54. The molecule has 0 bridgehead atoms. The number of piperidine rings is 1. The Morgan fingerprint density at radius 1 is 1.38 bits per heavy atom. The van der Waals surface area contributed by atoms with Gasteiger partial charge in [0.25, 0.3) is 0 Å². The van der Waals surface area contributed by atoms with Crippen LogP contribution in [0.3, 0.4) is 0 Å². The van der Waals surface area contributed by atoms with Crippen LogP contribution in [0.25, 0.3) is 0 Å². The van der Waals surface area contributed by atoms with Crippen LogP contribution in [-0.4, -0.2) is 51.8 Å². The van der Waals surface area contributed by atoms with E-state index in [9.17, 15) is 14.7 Å². The summed E-state index contributed by atoms with van der Waals surface area (Å²) in [4.78, 5) is 25.0. The van der Waals surface area contributed by atoms with Gasteiger partial charge in [0, 0.05) is 19.0 Å². The van der Waals surface area contributed by atoms with Crippen LogP contribution in [0.4, 0.5) is 4.79 Å². The number of rotatable bonds is 4. The molecule has 3 atom stereocenters. The first-order valence-corrected chi connectivity index (χ1v) is 7.97. The van der Waals surface area contributed by atoms with Gasteiger partial charge >= 0.3 is 12.0 Å². The van der Waals surface area contributed by atoms with E-state index in [4.69, 9.17) is 5.11 Å². The number of likely N-dealkylation sites (tertiary alicyclic amines) is 1. The lowest BCUT2D eigenvalue weighted by atomic mass is 9.71. The lowest BCUT2D eigenvalue weighted by Gasteiger charge is -2.47. The van der Waals surface area contributed by atoms with Crippen molar-refractivity contribution in [2.75, 3.05) is 13.1 Å². The number of carbonyl (C=O) groups is 2. The Morgan fingerprint density at radius 2 is 2.14 bits per heavy atom. The number of aliphatic carboxylic acids is 1. The smallest absolute Gasteiger partial charge is 0.326 e. The summed E-state index contributed by atoms with van der Waals surface area (Å²) in [6, 6.07) is -1.14. The maximum absolute atomic E-state index is 12.2. The molecule has 6 nitrogen and oxygen atoms in total. The van der Waals surface area contributed by atoms with Gasteiger partial charge in [-0.3, -0.25) is 0 Å². The molecular weight excluding hydrogens is 272 g/mol. The number of carbonyl (C=O) groups excluding carboxylic acids is 1. The average molecular weight is 298 g/mol. The zero-order valence-corrected chi connectivity index (χ0v) is 12.7. The minimum atomic E-state index is -0.989. The summed E-state index contributed by atoms with van der Waals surface area (Å²) < 4.78 is 0. The molecule has 3 N–H and O–H groups in total. The SMILES string of the molecule is CCCC(NC(=O)N1CCC2(O)CCCCC2C1)C(=O)O. The molecule has 2 amide bonds. The number of carboxylic acids is 1. The second-order valence-electron chi connectivity index (χ2n) is 6.37. The molecule has 1 aliphatic carbocycles. The van der Waals surface area contributed by atoms with Gasteiger partial charge < -0.3 is 20.4 Å². The molecule has 0 aromatic heterocycles. The van der Waals surface area contributed by atoms with Gasteiger partial charge in [0.15, 0.2) is 0 Å². The normalized spacial score (nSPS) is 30.4. The van der Waals surface area contributed by atoms with Crippen molar-refractivity contribution in [2.24, 2.45) is 5.92 Å². The zero-order valence-electron chi connectivity index (χ0n) is 12.7. The third kappa shape index (κ3) is 3.67. The highest BCUT2D eigenvalue weighted by Crippen LogP contribution is 2.39. The maximum Gasteiger partial charge on any atom is 0.326 e. The molecular formula is C15H26N2O4.